The van der Waals surface area contributed by atoms with Crippen LogP contribution >= 0.6 is 0 Å². The minimum atomic E-state index is -0.0363. The van der Waals surface area contributed by atoms with Gasteiger partial charge in [0.05, 0.1) is 11.7 Å². The summed E-state index contributed by atoms with van der Waals surface area (Å²) < 4.78 is 5.64. The number of rotatable bonds is 2. The molecule has 0 heterocycles. The van der Waals surface area contributed by atoms with Gasteiger partial charge in [-0.15, -0.1) is 0 Å². The van der Waals surface area contributed by atoms with Gasteiger partial charge >= 0.3 is 0 Å². The average molecular weight is 143 g/mol. The van der Waals surface area contributed by atoms with Crippen molar-refractivity contribution in [3.8, 4) is 0 Å². The molecule has 1 radical (unpaired) electrons. The molecule has 1 nitrogen and oxygen atoms in total. The molecule has 0 saturated carbocycles. The van der Waals surface area contributed by atoms with Gasteiger partial charge in [0.2, 0.25) is 0 Å². The molecule has 0 amide bonds. The van der Waals surface area contributed by atoms with Crippen LogP contribution in [0.5, 0.6) is 0 Å². The summed E-state index contributed by atoms with van der Waals surface area (Å²) in [5.74, 6) is 0.360. The lowest BCUT2D eigenvalue weighted by molar-refractivity contribution is -0.0657. The molecule has 0 rings (SSSR count). The number of hydrogen-bond donors (Lipinski definition) is 0. The van der Waals surface area contributed by atoms with E-state index in [-0.39, 0.29) is 11.7 Å². The van der Waals surface area contributed by atoms with Gasteiger partial charge in [0.15, 0.2) is 0 Å². The van der Waals surface area contributed by atoms with Crippen molar-refractivity contribution in [2.24, 2.45) is 5.92 Å². The van der Waals surface area contributed by atoms with E-state index < -0.39 is 0 Å². The Morgan fingerprint density at radius 3 is 1.70 bits per heavy atom. The lowest BCUT2D eigenvalue weighted by Crippen LogP contribution is -2.28. The van der Waals surface area contributed by atoms with E-state index in [0.717, 1.165) is 0 Å². The SMILES string of the molecule is [CH2]C(C)C(C)OC(C)(C)C. The predicted octanol–water partition coefficient (Wildman–Crippen LogP) is 2.66. The summed E-state index contributed by atoms with van der Waals surface area (Å²) in [7, 11) is 0. The number of ether oxygens (including phenoxy) is 1. The van der Waals surface area contributed by atoms with Crippen molar-refractivity contribution < 1.29 is 4.74 Å². The quantitative estimate of drug-likeness (QED) is 0.577. The lowest BCUT2D eigenvalue weighted by Gasteiger charge is -2.27. The first-order valence-electron chi connectivity index (χ1n) is 3.84. The van der Waals surface area contributed by atoms with Crippen LogP contribution in [0.25, 0.3) is 0 Å². The number of hydrogen-bond acceptors (Lipinski definition) is 1. The highest BCUT2D eigenvalue weighted by molar-refractivity contribution is 4.68. The fourth-order valence-corrected chi connectivity index (χ4v) is 0.674. The highest BCUT2D eigenvalue weighted by atomic mass is 16.5. The summed E-state index contributed by atoms with van der Waals surface area (Å²) in [5.41, 5.74) is -0.0363. The van der Waals surface area contributed by atoms with E-state index in [2.05, 4.69) is 41.5 Å². The molecule has 0 bridgehead atoms. The van der Waals surface area contributed by atoms with Crippen LogP contribution in [-0.4, -0.2) is 11.7 Å². The van der Waals surface area contributed by atoms with Gasteiger partial charge in [0.1, 0.15) is 0 Å². The molecule has 0 saturated heterocycles. The molecule has 0 spiro atoms. The molecule has 1 heteroatoms. The summed E-state index contributed by atoms with van der Waals surface area (Å²) in [6.07, 6.45) is 0.250. The summed E-state index contributed by atoms with van der Waals surface area (Å²) in [6, 6.07) is 0. The standard InChI is InChI=1S/C9H19O/c1-7(2)8(3)10-9(4,5)6/h7-8H,1H2,2-6H3. The summed E-state index contributed by atoms with van der Waals surface area (Å²) in [6.45, 7) is 14.2. The van der Waals surface area contributed by atoms with E-state index in [1.807, 2.05) is 0 Å². The summed E-state index contributed by atoms with van der Waals surface area (Å²) in [4.78, 5) is 0. The van der Waals surface area contributed by atoms with Crippen LogP contribution in [0.4, 0.5) is 0 Å². The van der Waals surface area contributed by atoms with Crippen molar-refractivity contribution in [2.45, 2.75) is 46.3 Å². The molecule has 2 atom stereocenters. The zero-order valence-electron chi connectivity index (χ0n) is 7.77. The first-order valence-corrected chi connectivity index (χ1v) is 3.84. The van der Waals surface area contributed by atoms with Crippen molar-refractivity contribution >= 4 is 0 Å². The largest absolute Gasteiger partial charge is 0.373 e. The molecule has 0 aromatic rings. The predicted molar refractivity (Wildman–Crippen MR) is 44.8 cm³/mol. The van der Waals surface area contributed by atoms with Crippen molar-refractivity contribution in [1.82, 2.24) is 0 Å². The molecule has 0 aliphatic rings. The van der Waals surface area contributed by atoms with Gasteiger partial charge in [0, 0.05) is 0 Å². The Morgan fingerprint density at radius 2 is 1.60 bits per heavy atom. The first kappa shape index (κ1) is 9.96. The maximum Gasteiger partial charge on any atom is 0.0602 e. The van der Waals surface area contributed by atoms with Gasteiger partial charge in [0.25, 0.3) is 0 Å². The topological polar surface area (TPSA) is 9.23 Å². The second kappa shape index (κ2) is 3.38. The average Bonchev–Trinajstić information content (AvgIpc) is 1.60. The van der Waals surface area contributed by atoms with Gasteiger partial charge in [-0.3, -0.25) is 0 Å². The Balaban J connectivity index is 3.68. The molecule has 0 aromatic carbocycles. The third-order valence-corrected chi connectivity index (χ3v) is 1.34. The van der Waals surface area contributed by atoms with E-state index in [4.69, 9.17) is 4.74 Å². The Kier molecular flexibility index (Phi) is 3.37. The zero-order valence-corrected chi connectivity index (χ0v) is 7.77. The Bertz CT molecular complexity index is 89.4. The minimum Gasteiger partial charge on any atom is -0.373 e. The second-order valence-corrected chi connectivity index (χ2v) is 3.91. The monoisotopic (exact) mass is 143 g/mol. The van der Waals surface area contributed by atoms with Gasteiger partial charge in [-0.25, -0.2) is 0 Å². The molecule has 0 aliphatic heterocycles. The maximum absolute atomic E-state index is 5.64. The second-order valence-electron chi connectivity index (χ2n) is 3.91. The van der Waals surface area contributed by atoms with E-state index in [9.17, 15) is 0 Å². The van der Waals surface area contributed by atoms with Crippen LogP contribution in [-0.2, 0) is 4.74 Å². The molecular weight excluding hydrogens is 124 g/mol. The van der Waals surface area contributed by atoms with Crippen LogP contribution in [0.15, 0.2) is 0 Å². The Labute approximate surface area is 64.8 Å². The molecule has 0 fully saturated rings. The van der Waals surface area contributed by atoms with Crippen LogP contribution in [0.2, 0.25) is 0 Å². The minimum absolute atomic E-state index is 0.0363. The van der Waals surface area contributed by atoms with Crippen molar-refractivity contribution in [1.29, 1.82) is 0 Å². The normalized spacial score (nSPS) is 15.9. The fraction of sp³-hybridized carbons (Fsp3) is 0.889. The van der Waals surface area contributed by atoms with E-state index in [0.29, 0.717) is 5.92 Å². The van der Waals surface area contributed by atoms with E-state index in [1.165, 1.54) is 0 Å². The molecule has 0 aliphatic carbocycles. The highest BCUT2D eigenvalue weighted by Gasteiger charge is 2.16. The third-order valence-electron chi connectivity index (χ3n) is 1.34. The van der Waals surface area contributed by atoms with Crippen molar-refractivity contribution in [2.75, 3.05) is 0 Å². The summed E-state index contributed by atoms with van der Waals surface area (Å²) in [5, 5.41) is 0. The van der Waals surface area contributed by atoms with Crippen molar-refractivity contribution in [3.05, 3.63) is 6.92 Å². The van der Waals surface area contributed by atoms with Gasteiger partial charge < -0.3 is 4.74 Å². The van der Waals surface area contributed by atoms with Crippen LogP contribution < -0.4 is 0 Å². The maximum atomic E-state index is 5.64. The van der Waals surface area contributed by atoms with Gasteiger partial charge in [-0.1, -0.05) is 6.92 Å². The lowest BCUT2D eigenvalue weighted by atomic mass is 10.1. The van der Waals surface area contributed by atoms with Gasteiger partial charge in [-0.2, -0.15) is 0 Å². The highest BCUT2D eigenvalue weighted by Crippen LogP contribution is 2.15. The van der Waals surface area contributed by atoms with Crippen LogP contribution in [0.1, 0.15) is 34.6 Å². The molecule has 10 heavy (non-hydrogen) atoms. The van der Waals surface area contributed by atoms with Crippen LogP contribution in [0.3, 0.4) is 0 Å². The molecule has 0 aromatic heterocycles. The molecule has 61 valence electrons. The van der Waals surface area contributed by atoms with E-state index in [1.54, 1.807) is 0 Å². The van der Waals surface area contributed by atoms with E-state index >= 15 is 0 Å². The molecule has 2 unspecified atom stereocenters. The summed E-state index contributed by atoms with van der Waals surface area (Å²) >= 11 is 0. The Morgan fingerprint density at radius 1 is 1.20 bits per heavy atom. The molecule has 0 N–H and O–H groups in total. The Hall–Kier alpha value is -0.0400. The third kappa shape index (κ3) is 4.80. The zero-order chi connectivity index (χ0) is 8.36. The smallest absolute Gasteiger partial charge is 0.0602 e. The first-order chi connectivity index (χ1) is 4.33. The van der Waals surface area contributed by atoms with Crippen LogP contribution in [0, 0.1) is 12.8 Å². The van der Waals surface area contributed by atoms with Gasteiger partial charge in [-0.05, 0) is 40.5 Å². The fourth-order valence-electron chi connectivity index (χ4n) is 0.674. The van der Waals surface area contributed by atoms with Crippen molar-refractivity contribution in [3.63, 3.8) is 0 Å². The molecular formula is C9H19O.